The van der Waals surface area contributed by atoms with Gasteiger partial charge in [-0.2, -0.15) is 0 Å². The molecule has 10 heteroatoms. The van der Waals surface area contributed by atoms with E-state index >= 15 is 0 Å². The number of aryl methyl sites for hydroxylation is 1. The van der Waals surface area contributed by atoms with Crippen LogP contribution in [0.15, 0.2) is 66.7 Å². The molecule has 1 heterocycles. The second-order valence-electron chi connectivity index (χ2n) is 8.01. The van der Waals surface area contributed by atoms with Crippen LogP contribution in [-0.2, 0) is 20.7 Å². The van der Waals surface area contributed by atoms with E-state index in [2.05, 4.69) is 47.4 Å². The lowest BCUT2D eigenvalue weighted by Crippen LogP contribution is -2.49. The van der Waals surface area contributed by atoms with Crippen LogP contribution in [0.2, 0.25) is 0 Å². The van der Waals surface area contributed by atoms with Crippen molar-refractivity contribution in [3.63, 3.8) is 0 Å². The van der Waals surface area contributed by atoms with Crippen molar-refractivity contribution in [1.29, 1.82) is 0 Å². The van der Waals surface area contributed by atoms with E-state index < -0.39 is 11.9 Å². The summed E-state index contributed by atoms with van der Waals surface area (Å²) in [6.07, 6.45) is 2.63. The quantitative estimate of drug-likeness (QED) is 0.435. The van der Waals surface area contributed by atoms with Crippen molar-refractivity contribution in [1.82, 2.24) is 9.80 Å². The molecule has 202 valence electrons. The highest BCUT2D eigenvalue weighted by Crippen LogP contribution is 2.29. The van der Waals surface area contributed by atoms with Crippen LogP contribution in [0.4, 0.5) is 4.79 Å². The molecule has 1 amide bonds. The Balaban J connectivity index is 0.000000661. The minimum absolute atomic E-state index is 0. The maximum atomic E-state index is 12.0. The molecule has 1 saturated heterocycles. The van der Waals surface area contributed by atoms with E-state index in [4.69, 9.17) is 9.47 Å². The highest BCUT2D eigenvalue weighted by molar-refractivity contribution is 5.87. The Morgan fingerprint density at radius 3 is 1.97 bits per heavy atom. The number of carbonyl (C=O) groups is 3. The van der Waals surface area contributed by atoms with Gasteiger partial charge in [0.15, 0.2) is 0 Å². The minimum Gasteiger partial charge on any atom is -0.545 e. The van der Waals surface area contributed by atoms with Crippen molar-refractivity contribution >= 4 is 18.0 Å². The van der Waals surface area contributed by atoms with E-state index in [0.717, 1.165) is 31.7 Å². The van der Waals surface area contributed by atoms with E-state index in [1.807, 2.05) is 24.0 Å². The summed E-state index contributed by atoms with van der Waals surface area (Å²) in [7, 11) is 1.69. The Hall–Kier alpha value is -3.89. The number of nitrogens with zero attached hydrogens (tertiary/aromatic N) is 2. The molecule has 0 aliphatic carbocycles. The van der Waals surface area contributed by atoms with Gasteiger partial charge in [0, 0.05) is 32.2 Å². The molecule has 0 aromatic heterocycles. The monoisotopic (exact) mass is 514 g/mol. The number of carbonyl (C=O) groups excluding carboxylic acids is 3. The number of methoxy groups -OCH3 is 1. The highest BCUT2D eigenvalue weighted by atomic mass is 16.6. The van der Waals surface area contributed by atoms with Crippen molar-refractivity contribution in [2.75, 3.05) is 39.9 Å². The third kappa shape index (κ3) is 11.1. The normalized spacial score (nSPS) is 14.1. The summed E-state index contributed by atoms with van der Waals surface area (Å²) in [6.45, 7) is 5.38. The van der Waals surface area contributed by atoms with Crippen LogP contribution >= 0.6 is 0 Å². The zero-order chi connectivity index (χ0) is 26.3. The first-order valence-electron chi connectivity index (χ1n) is 11.8. The Morgan fingerprint density at radius 2 is 1.49 bits per heavy atom. The number of carboxylic acid groups (broad SMARTS) is 2. The minimum atomic E-state index is -1.55. The average Bonchev–Trinajstić information content (AvgIpc) is 2.89. The average molecular weight is 515 g/mol. The zero-order valence-corrected chi connectivity index (χ0v) is 21.1. The Morgan fingerprint density at radius 1 is 0.919 bits per heavy atom. The van der Waals surface area contributed by atoms with E-state index in [9.17, 15) is 24.6 Å². The first-order chi connectivity index (χ1) is 17.3. The van der Waals surface area contributed by atoms with Crippen LogP contribution in [0.3, 0.4) is 0 Å². The molecule has 1 fully saturated rings. The lowest BCUT2D eigenvalue weighted by molar-refractivity contribution is -0.301. The third-order valence-corrected chi connectivity index (χ3v) is 5.69. The maximum absolute atomic E-state index is 12.0. The van der Waals surface area contributed by atoms with Gasteiger partial charge < -0.3 is 39.7 Å². The molecule has 1 unspecified atom stereocenters. The van der Waals surface area contributed by atoms with Crippen LogP contribution < -0.4 is 14.9 Å². The van der Waals surface area contributed by atoms with Crippen molar-refractivity contribution in [3.8, 4) is 5.75 Å². The summed E-state index contributed by atoms with van der Waals surface area (Å²) in [6, 6.07) is 19.3. The van der Waals surface area contributed by atoms with Crippen LogP contribution in [-0.4, -0.2) is 73.2 Å². The van der Waals surface area contributed by atoms with Crippen LogP contribution in [0, 0.1) is 0 Å². The van der Waals surface area contributed by atoms with Gasteiger partial charge in [-0.1, -0.05) is 42.5 Å². The fourth-order valence-electron chi connectivity index (χ4n) is 3.90. The van der Waals surface area contributed by atoms with Gasteiger partial charge in [-0.05, 0) is 55.2 Å². The molecular formula is C27H34N2O8-2. The number of aliphatic carboxylic acids is 2. The van der Waals surface area contributed by atoms with Crippen LogP contribution in [0.1, 0.15) is 30.5 Å². The second-order valence-corrected chi connectivity index (χ2v) is 8.01. The van der Waals surface area contributed by atoms with E-state index in [-0.39, 0.29) is 11.6 Å². The largest absolute Gasteiger partial charge is 0.545 e. The second kappa shape index (κ2) is 16.7. The Labute approximate surface area is 217 Å². The number of piperazine rings is 1. The molecule has 1 aliphatic rings. The van der Waals surface area contributed by atoms with Crippen molar-refractivity contribution < 1.29 is 39.5 Å². The smallest absolute Gasteiger partial charge is 0.409 e. The number of ether oxygens (including phenoxy) is 2. The van der Waals surface area contributed by atoms with Crippen LogP contribution in [0.25, 0.3) is 0 Å². The summed E-state index contributed by atoms with van der Waals surface area (Å²) in [5.41, 5.74) is 2.65. The van der Waals surface area contributed by atoms with Crippen molar-refractivity contribution in [2.45, 2.75) is 25.8 Å². The first-order valence-corrected chi connectivity index (χ1v) is 11.8. The molecule has 37 heavy (non-hydrogen) atoms. The molecule has 1 atom stereocenters. The zero-order valence-electron chi connectivity index (χ0n) is 21.1. The van der Waals surface area contributed by atoms with Gasteiger partial charge in [-0.3, -0.25) is 4.90 Å². The molecule has 2 aromatic rings. The summed E-state index contributed by atoms with van der Waals surface area (Å²) in [4.78, 5) is 35.1. The van der Waals surface area contributed by atoms with Gasteiger partial charge in [-0.25, -0.2) is 4.79 Å². The topological polar surface area (TPSA) is 154 Å². The molecule has 0 saturated carbocycles. The van der Waals surface area contributed by atoms with Gasteiger partial charge in [0.2, 0.25) is 0 Å². The number of hydrogen-bond acceptors (Lipinski definition) is 8. The van der Waals surface area contributed by atoms with E-state index in [1.54, 1.807) is 7.11 Å². The van der Waals surface area contributed by atoms with Crippen molar-refractivity contribution in [3.05, 3.63) is 77.9 Å². The SMILES string of the molecule is CCOC(=O)N1CCN(C(CCc2ccccc2)c2ccc(OC)cc2)CC1.O.O=C([O-])/C=C\C(=O)[O-]. The van der Waals surface area contributed by atoms with Gasteiger partial charge in [0.25, 0.3) is 0 Å². The number of benzene rings is 2. The lowest BCUT2D eigenvalue weighted by atomic mass is 9.96. The standard InChI is InChI=1S/C23H30N2O3.C4H4O4.H2O/c1-3-28-23(26)25-17-15-24(16-18-25)22(14-9-19-7-5-4-6-8-19)20-10-12-21(27-2)13-11-20;5-3(6)1-2-4(7)8;/h4-8,10-13,22H,3,9,14-18H2,1-2H3;1-2H,(H,5,6)(H,7,8);1H2/p-2/b;2-1-;. The van der Waals surface area contributed by atoms with Gasteiger partial charge in [0.05, 0.1) is 25.7 Å². The lowest BCUT2D eigenvalue weighted by Gasteiger charge is -2.39. The summed E-state index contributed by atoms with van der Waals surface area (Å²) < 4.78 is 10.5. The van der Waals surface area contributed by atoms with Gasteiger partial charge in [0.1, 0.15) is 5.75 Å². The molecule has 0 radical (unpaired) electrons. The number of hydrogen-bond donors (Lipinski definition) is 0. The number of amides is 1. The predicted octanol–water partition coefficient (Wildman–Crippen LogP) is 0.361. The number of carboxylic acids is 2. The molecular weight excluding hydrogens is 480 g/mol. The Bertz CT molecular complexity index is 971. The molecule has 2 aromatic carbocycles. The van der Waals surface area contributed by atoms with Crippen LogP contribution in [0.5, 0.6) is 5.75 Å². The van der Waals surface area contributed by atoms with Crippen molar-refractivity contribution in [2.24, 2.45) is 0 Å². The molecule has 10 nitrogen and oxygen atoms in total. The molecule has 3 rings (SSSR count). The number of rotatable bonds is 9. The maximum Gasteiger partial charge on any atom is 0.409 e. The van der Waals surface area contributed by atoms with Gasteiger partial charge in [-0.15, -0.1) is 0 Å². The fourth-order valence-corrected chi connectivity index (χ4v) is 3.90. The highest BCUT2D eigenvalue weighted by Gasteiger charge is 2.27. The predicted molar refractivity (Wildman–Crippen MR) is 133 cm³/mol. The molecule has 2 N–H and O–H groups in total. The molecule has 1 aliphatic heterocycles. The molecule has 0 bridgehead atoms. The fraction of sp³-hybridized carbons (Fsp3) is 0.370. The first kappa shape index (κ1) is 31.1. The summed E-state index contributed by atoms with van der Waals surface area (Å²) in [5.74, 6) is -2.22. The summed E-state index contributed by atoms with van der Waals surface area (Å²) >= 11 is 0. The Kier molecular flexibility index (Phi) is 14.1. The van der Waals surface area contributed by atoms with E-state index in [0.29, 0.717) is 37.9 Å². The third-order valence-electron chi connectivity index (χ3n) is 5.69. The van der Waals surface area contributed by atoms with E-state index in [1.165, 1.54) is 11.1 Å². The van der Waals surface area contributed by atoms with Gasteiger partial charge >= 0.3 is 6.09 Å². The summed E-state index contributed by atoms with van der Waals surface area (Å²) in [5, 5.41) is 18.8. The molecule has 0 spiro atoms.